The number of H-pyrrole nitrogens is 1. The molecule has 9 nitrogen and oxygen atoms in total. The van der Waals surface area contributed by atoms with Crippen LogP contribution in [0.5, 0.6) is 0 Å². The number of amides is 1. The van der Waals surface area contributed by atoms with E-state index >= 15 is 0 Å². The number of carbonyl (C=O) groups is 1. The van der Waals surface area contributed by atoms with Crippen molar-refractivity contribution >= 4 is 33.7 Å². The van der Waals surface area contributed by atoms with Crippen LogP contribution in [0.25, 0.3) is 16.9 Å². The molecule has 190 valence electrons. The molecule has 2 aliphatic heterocycles. The molecule has 0 spiro atoms. The van der Waals surface area contributed by atoms with Crippen molar-refractivity contribution in [2.75, 3.05) is 31.5 Å². The second-order valence-electron chi connectivity index (χ2n) is 9.03. The van der Waals surface area contributed by atoms with Gasteiger partial charge in [-0.15, -0.1) is 11.3 Å². The Morgan fingerprint density at radius 1 is 1.06 bits per heavy atom. The zero-order chi connectivity index (χ0) is 24.9. The molecule has 2 aliphatic rings. The highest BCUT2D eigenvalue weighted by Crippen LogP contribution is 2.34. The second-order valence-corrected chi connectivity index (χ2v) is 10.1. The molecule has 1 amide bonds. The molecule has 0 aliphatic carbocycles. The summed E-state index contributed by atoms with van der Waals surface area (Å²) in [5.41, 5.74) is 3.75. The minimum absolute atomic E-state index is 0.168. The molecule has 2 N–H and O–H groups in total. The van der Waals surface area contributed by atoms with Gasteiger partial charge in [0.05, 0.1) is 28.0 Å². The van der Waals surface area contributed by atoms with E-state index in [2.05, 4.69) is 36.4 Å². The summed E-state index contributed by atoms with van der Waals surface area (Å²) in [6.07, 6.45) is 15.0. The summed E-state index contributed by atoms with van der Waals surface area (Å²) >= 11 is 1.53. The highest BCUT2D eigenvalue weighted by molar-refractivity contribution is 7.18. The molecule has 2 fully saturated rings. The topological polar surface area (TPSA) is 94.5 Å². The normalized spacial score (nSPS) is 16.2. The molecule has 0 saturated carbocycles. The lowest BCUT2D eigenvalue weighted by molar-refractivity contribution is 0.0727. The molecular weight excluding hydrogens is 472 g/mol. The molecule has 0 atom stereocenters. The number of piperidine rings is 1. The predicted octanol–water partition coefficient (Wildman–Crippen LogP) is 5.17. The number of aromatic amines is 1. The van der Waals surface area contributed by atoms with Gasteiger partial charge >= 0.3 is 0 Å². The quantitative estimate of drug-likeness (QED) is 0.375. The van der Waals surface area contributed by atoms with Crippen molar-refractivity contribution in [2.45, 2.75) is 52.5 Å². The van der Waals surface area contributed by atoms with Crippen LogP contribution in [0.4, 0.5) is 10.8 Å². The summed E-state index contributed by atoms with van der Waals surface area (Å²) in [5, 5.41) is 11.3. The molecule has 0 bridgehead atoms. The third-order valence-electron chi connectivity index (χ3n) is 6.70. The Hall–Kier alpha value is -3.24. The number of hydrogen-bond donors (Lipinski definition) is 2. The minimum Gasteiger partial charge on any atom is -0.338 e. The maximum Gasteiger partial charge on any atom is 0.264 e. The fourth-order valence-electron chi connectivity index (χ4n) is 4.94. The third kappa shape index (κ3) is 5.01. The van der Waals surface area contributed by atoms with E-state index in [0.29, 0.717) is 5.82 Å². The number of nitrogens with zero attached hydrogens (tertiary/aromatic N) is 6. The summed E-state index contributed by atoms with van der Waals surface area (Å²) in [4.78, 5) is 27.9. The van der Waals surface area contributed by atoms with Crippen molar-refractivity contribution in [1.29, 1.82) is 0 Å². The van der Waals surface area contributed by atoms with E-state index in [0.717, 1.165) is 77.9 Å². The van der Waals surface area contributed by atoms with Crippen LogP contribution in [0.15, 0.2) is 37.1 Å². The van der Waals surface area contributed by atoms with Crippen molar-refractivity contribution in [3.05, 3.63) is 47.5 Å². The first-order chi connectivity index (χ1) is 17.8. The van der Waals surface area contributed by atoms with Crippen LogP contribution in [-0.4, -0.2) is 66.5 Å². The number of fused-ring (bicyclic) bond motifs is 1. The van der Waals surface area contributed by atoms with Crippen LogP contribution >= 0.6 is 11.3 Å². The second kappa shape index (κ2) is 11.2. The van der Waals surface area contributed by atoms with Gasteiger partial charge in [-0.2, -0.15) is 5.10 Å². The predicted molar refractivity (Wildman–Crippen MR) is 144 cm³/mol. The van der Waals surface area contributed by atoms with E-state index in [-0.39, 0.29) is 5.91 Å². The number of imidazole rings is 1. The summed E-state index contributed by atoms with van der Waals surface area (Å²) < 4.78 is 2.00. The molecule has 36 heavy (non-hydrogen) atoms. The first kappa shape index (κ1) is 24.5. The zero-order valence-corrected chi connectivity index (χ0v) is 21.9. The van der Waals surface area contributed by atoms with E-state index < -0.39 is 0 Å². The Kier molecular flexibility index (Phi) is 7.62. The SMILES string of the molecule is CC.O=C(c1sc(Nc2nccn3c(-c4cn[nH]c4)cnc23)cc1CN1CCCC1)N1CCCCC1. The van der Waals surface area contributed by atoms with Crippen LogP contribution in [-0.2, 0) is 6.54 Å². The Labute approximate surface area is 215 Å². The maximum absolute atomic E-state index is 13.5. The molecular formula is C26H34N8OS. The maximum atomic E-state index is 13.5. The lowest BCUT2D eigenvalue weighted by atomic mass is 10.1. The molecule has 6 heterocycles. The lowest BCUT2D eigenvalue weighted by Gasteiger charge is -2.27. The minimum atomic E-state index is 0.168. The molecule has 6 rings (SSSR count). The van der Waals surface area contributed by atoms with E-state index in [1.165, 1.54) is 30.6 Å². The first-order valence-corrected chi connectivity index (χ1v) is 13.8. The number of hydrogen-bond acceptors (Lipinski definition) is 7. The van der Waals surface area contributed by atoms with Gasteiger partial charge in [-0.3, -0.25) is 19.2 Å². The summed E-state index contributed by atoms with van der Waals surface area (Å²) in [6, 6.07) is 2.13. The molecule has 2 saturated heterocycles. The zero-order valence-electron chi connectivity index (χ0n) is 21.0. The molecule has 4 aromatic heterocycles. The number of carbonyl (C=O) groups excluding carboxylic acids is 1. The smallest absolute Gasteiger partial charge is 0.264 e. The molecule has 10 heteroatoms. The van der Waals surface area contributed by atoms with Gasteiger partial charge in [0.2, 0.25) is 0 Å². The number of likely N-dealkylation sites (tertiary alicyclic amines) is 2. The van der Waals surface area contributed by atoms with Crippen molar-refractivity contribution in [3.8, 4) is 11.3 Å². The van der Waals surface area contributed by atoms with Gasteiger partial charge in [-0.1, -0.05) is 13.8 Å². The van der Waals surface area contributed by atoms with E-state index in [9.17, 15) is 4.79 Å². The van der Waals surface area contributed by atoms with Crippen molar-refractivity contribution < 1.29 is 4.79 Å². The molecule has 0 aromatic carbocycles. The van der Waals surface area contributed by atoms with E-state index in [1.807, 2.05) is 41.7 Å². The Morgan fingerprint density at radius 3 is 2.58 bits per heavy atom. The first-order valence-electron chi connectivity index (χ1n) is 13.0. The molecule has 0 radical (unpaired) electrons. The lowest BCUT2D eigenvalue weighted by Crippen LogP contribution is -2.35. The van der Waals surface area contributed by atoms with Crippen molar-refractivity contribution in [2.24, 2.45) is 0 Å². The molecule has 0 unspecified atom stereocenters. The van der Waals surface area contributed by atoms with Gasteiger partial charge in [0.1, 0.15) is 0 Å². The Bertz CT molecular complexity index is 1280. The fraction of sp³-hybridized carbons (Fsp3) is 0.462. The van der Waals surface area contributed by atoms with Crippen LogP contribution in [0.3, 0.4) is 0 Å². The average molecular weight is 507 g/mol. The number of rotatable bonds is 6. The summed E-state index contributed by atoms with van der Waals surface area (Å²) in [7, 11) is 0. The van der Waals surface area contributed by atoms with Crippen LogP contribution in [0.2, 0.25) is 0 Å². The van der Waals surface area contributed by atoms with Gasteiger partial charge < -0.3 is 10.2 Å². The average Bonchev–Trinajstić information content (AvgIpc) is 3.73. The fourth-order valence-corrected chi connectivity index (χ4v) is 5.98. The van der Waals surface area contributed by atoms with E-state index in [4.69, 9.17) is 0 Å². The van der Waals surface area contributed by atoms with Crippen molar-refractivity contribution in [3.63, 3.8) is 0 Å². The molecule has 4 aromatic rings. The number of thiophene rings is 1. The number of anilines is 2. The summed E-state index contributed by atoms with van der Waals surface area (Å²) in [5.74, 6) is 0.837. The van der Waals surface area contributed by atoms with Crippen LogP contribution in [0, 0.1) is 0 Å². The van der Waals surface area contributed by atoms with Gasteiger partial charge in [-0.25, -0.2) is 9.97 Å². The standard InChI is InChI=1S/C24H28N8OS.C2H6/c33-24(31-9-2-1-3-10-31)21-17(16-30-7-4-5-8-30)12-20(34-21)29-22-23-26-15-19(18-13-27-28-14-18)32(23)11-6-25-22;1-2/h6,11-15H,1-5,7-10,16H2,(H,25,29)(H,27,28);1-2H3. The largest absolute Gasteiger partial charge is 0.338 e. The highest BCUT2D eigenvalue weighted by Gasteiger charge is 2.25. The third-order valence-corrected chi connectivity index (χ3v) is 7.78. The highest BCUT2D eigenvalue weighted by atomic mass is 32.1. The Balaban J connectivity index is 0.00000130. The van der Waals surface area contributed by atoms with Crippen LogP contribution < -0.4 is 5.32 Å². The van der Waals surface area contributed by atoms with Gasteiger partial charge in [-0.05, 0) is 56.8 Å². The van der Waals surface area contributed by atoms with Gasteiger partial charge in [0, 0.05) is 43.8 Å². The van der Waals surface area contributed by atoms with Crippen LogP contribution in [0.1, 0.15) is 61.2 Å². The van der Waals surface area contributed by atoms with Crippen molar-refractivity contribution in [1.82, 2.24) is 34.4 Å². The van der Waals surface area contributed by atoms with Gasteiger partial charge in [0.25, 0.3) is 5.91 Å². The Morgan fingerprint density at radius 2 is 1.83 bits per heavy atom. The number of aromatic nitrogens is 5. The summed E-state index contributed by atoms with van der Waals surface area (Å²) in [6.45, 7) is 8.73. The van der Waals surface area contributed by atoms with E-state index in [1.54, 1.807) is 12.4 Å². The number of nitrogens with one attached hydrogen (secondary N) is 2. The van der Waals surface area contributed by atoms with Gasteiger partial charge in [0.15, 0.2) is 11.5 Å². The monoisotopic (exact) mass is 506 g/mol.